The molecule has 3 aromatic carbocycles. The van der Waals surface area contributed by atoms with Crippen LogP contribution >= 0.6 is 0 Å². The summed E-state index contributed by atoms with van der Waals surface area (Å²) in [5.74, 6) is 0.213. The Hall–Kier alpha value is -2.48. The summed E-state index contributed by atoms with van der Waals surface area (Å²) < 4.78 is 5.65. The number of fused-ring (bicyclic) bond motifs is 1. The molecule has 3 aromatic rings. The van der Waals surface area contributed by atoms with Gasteiger partial charge in [0.25, 0.3) is 0 Å². The Morgan fingerprint density at radius 1 is 0.750 bits per heavy atom. The number of benzene rings is 3. The molecule has 1 saturated heterocycles. The number of aliphatic hydroxyl groups is 4. The summed E-state index contributed by atoms with van der Waals surface area (Å²) in [5, 5.41) is 51.3. The van der Waals surface area contributed by atoms with Crippen LogP contribution in [0.15, 0.2) is 60.7 Å². The van der Waals surface area contributed by atoms with Crippen molar-refractivity contribution >= 4 is 10.8 Å². The van der Waals surface area contributed by atoms with E-state index in [0.717, 1.165) is 21.9 Å². The molecule has 0 aromatic heterocycles. The standard InChI is InChI=1S/C22H22O6/c23-11-18-19(25)20(26)21(27)22(28-18)16-3-1-2-12(9-16)13-4-5-15-10-17(24)7-6-14(15)8-13/h1-10,18-27H,11H2/t18-,19-,20+,21+,22-/m1/s1. The summed E-state index contributed by atoms with van der Waals surface area (Å²) >= 11 is 0. The molecule has 1 fully saturated rings. The summed E-state index contributed by atoms with van der Waals surface area (Å²) in [5.41, 5.74) is 2.48. The zero-order chi connectivity index (χ0) is 19.8. The number of hydrogen-bond acceptors (Lipinski definition) is 6. The van der Waals surface area contributed by atoms with Gasteiger partial charge in [-0.25, -0.2) is 0 Å². The first-order valence-corrected chi connectivity index (χ1v) is 9.11. The van der Waals surface area contributed by atoms with Crippen molar-refractivity contribution in [3.05, 3.63) is 66.2 Å². The quantitative estimate of drug-likeness (QED) is 0.472. The lowest BCUT2D eigenvalue weighted by Gasteiger charge is -2.40. The number of ether oxygens (including phenoxy) is 1. The molecular weight excluding hydrogens is 360 g/mol. The number of aliphatic hydroxyl groups excluding tert-OH is 4. The van der Waals surface area contributed by atoms with Crippen molar-refractivity contribution in [3.63, 3.8) is 0 Å². The molecule has 0 amide bonds. The lowest BCUT2D eigenvalue weighted by molar-refractivity contribution is -0.231. The van der Waals surface area contributed by atoms with Gasteiger partial charge in [0.2, 0.25) is 0 Å². The highest BCUT2D eigenvalue weighted by Gasteiger charge is 2.43. The molecule has 146 valence electrons. The summed E-state index contributed by atoms with van der Waals surface area (Å²) in [6.07, 6.45) is -5.91. The Balaban J connectivity index is 1.69. The fraction of sp³-hybridized carbons (Fsp3) is 0.273. The molecule has 0 radical (unpaired) electrons. The first-order chi connectivity index (χ1) is 13.5. The van der Waals surface area contributed by atoms with Gasteiger partial charge >= 0.3 is 0 Å². The van der Waals surface area contributed by atoms with Gasteiger partial charge in [0.1, 0.15) is 36.3 Å². The van der Waals surface area contributed by atoms with Crippen molar-refractivity contribution in [2.24, 2.45) is 0 Å². The minimum absolute atomic E-state index is 0.213. The molecule has 0 bridgehead atoms. The summed E-state index contributed by atoms with van der Waals surface area (Å²) in [7, 11) is 0. The molecule has 0 unspecified atom stereocenters. The Bertz CT molecular complexity index is 986. The normalized spacial score (nSPS) is 27.8. The molecule has 5 N–H and O–H groups in total. The maximum atomic E-state index is 10.4. The average Bonchev–Trinajstić information content (AvgIpc) is 2.72. The van der Waals surface area contributed by atoms with Crippen molar-refractivity contribution in [2.75, 3.05) is 6.61 Å². The molecule has 28 heavy (non-hydrogen) atoms. The highest BCUT2D eigenvalue weighted by atomic mass is 16.5. The van der Waals surface area contributed by atoms with Crippen molar-refractivity contribution in [1.82, 2.24) is 0 Å². The van der Waals surface area contributed by atoms with Crippen LogP contribution in [0.5, 0.6) is 5.75 Å². The van der Waals surface area contributed by atoms with Crippen LogP contribution < -0.4 is 0 Å². The summed E-state index contributed by atoms with van der Waals surface area (Å²) in [6, 6.07) is 18.4. The molecule has 6 heteroatoms. The number of hydrogen-bond donors (Lipinski definition) is 5. The van der Waals surface area contributed by atoms with Gasteiger partial charge in [0.05, 0.1) is 6.61 Å². The van der Waals surface area contributed by atoms with E-state index >= 15 is 0 Å². The van der Waals surface area contributed by atoms with E-state index in [1.54, 1.807) is 18.2 Å². The van der Waals surface area contributed by atoms with E-state index in [0.29, 0.717) is 5.56 Å². The minimum atomic E-state index is -1.41. The van der Waals surface area contributed by atoms with E-state index in [1.807, 2.05) is 42.5 Å². The Labute approximate surface area is 161 Å². The van der Waals surface area contributed by atoms with E-state index in [2.05, 4.69) is 0 Å². The van der Waals surface area contributed by atoms with Gasteiger partial charge in [-0.1, -0.05) is 36.4 Å². The van der Waals surface area contributed by atoms with Gasteiger partial charge in [-0.2, -0.15) is 0 Å². The van der Waals surface area contributed by atoms with E-state index in [1.165, 1.54) is 0 Å². The summed E-state index contributed by atoms with van der Waals surface area (Å²) in [4.78, 5) is 0. The Morgan fingerprint density at radius 2 is 1.46 bits per heavy atom. The highest BCUT2D eigenvalue weighted by Crippen LogP contribution is 2.34. The van der Waals surface area contributed by atoms with Crippen molar-refractivity contribution in [1.29, 1.82) is 0 Å². The van der Waals surface area contributed by atoms with Crippen LogP contribution in [0.2, 0.25) is 0 Å². The van der Waals surface area contributed by atoms with Gasteiger partial charge in [-0.3, -0.25) is 0 Å². The molecule has 1 heterocycles. The third kappa shape index (κ3) is 3.37. The van der Waals surface area contributed by atoms with E-state index < -0.39 is 37.1 Å². The maximum Gasteiger partial charge on any atom is 0.116 e. The second-order valence-electron chi connectivity index (χ2n) is 7.12. The first-order valence-electron chi connectivity index (χ1n) is 9.11. The average molecular weight is 382 g/mol. The van der Waals surface area contributed by atoms with E-state index in [4.69, 9.17) is 4.74 Å². The van der Waals surface area contributed by atoms with Crippen molar-refractivity contribution < 1.29 is 30.3 Å². The van der Waals surface area contributed by atoms with Gasteiger partial charge in [0.15, 0.2) is 0 Å². The van der Waals surface area contributed by atoms with Gasteiger partial charge < -0.3 is 30.3 Å². The smallest absolute Gasteiger partial charge is 0.116 e. The summed E-state index contributed by atoms with van der Waals surface area (Å²) in [6.45, 7) is -0.460. The molecule has 0 spiro atoms. The zero-order valence-electron chi connectivity index (χ0n) is 15.0. The topological polar surface area (TPSA) is 110 Å². The molecule has 1 aliphatic rings. The number of aromatic hydroxyl groups is 1. The van der Waals surface area contributed by atoms with Crippen LogP contribution in [0.1, 0.15) is 11.7 Å². The molecule has 4 rings (SSSR count). The molecule has 0 saturated carbocycles. The van der Waals surface area contributed by atoms with Gasteiger partial charge in [-0.15, -0.1) is 0 Å². The maximum absolute atomic E-state index is 10.4. The lowest BCUT2D eigenvalue weighted by atomic mass is 9.90. The monoisotopic (exact) mass is 382 g/mol. The molecular formula is C22H22O6. The SMILES string of the molecule is OC[C@H]1O[C@H](c2cccc(-c3ccc4cc(O)ccc4c3)c2)[C@@H](O)[C@@H](O)[C@@H]1O. The number of phenols is 1. The fourth-order valence-electron chi connectivity index (χ4n) is 3.69. The number of phenolic OH excluding ortho intramolecular Hbond substituents is 1. The van der Waals surface area contributed by atoms with Crippen molar-refractivity contribution in [3.8, 4) is 16.9 Å². The fourth-order valence-corrected chi connectivity index (χ4v) is 3.69. The van der Waals surface area contributed by atoms with E-state index in [-0.39, 0.29) is 5.75 Å². The predicted octanol–water partition coefficient (Wildman–Crippen LogP) is 1.73. The van der Waals surface area contributed by atoms with Crippen LogP contribution in [0.4, 0.5) is 0 Å². The van der Waals surface area contributed by atoms with Gasteiger partial charge in [0, 0.05) is 0 Å². The van der Waals surface area contributed by atoms with Crippen LogP contribution in [0, 0.1) is 0 Å². The van der Waals surface area contributed by atoms with E-state index in [9.17, 15) is 25.5 Å². The second-order valence-corrected chi connectivity index (χ2v) is 7.12. The number of rotatable bonds is 3. The largest absolute Gasteiger partial charge is 0.508 e. The minimum Gasteiger partial charge on any atom is -0.508 e. The van der Waals surface area contributed by atoms with Crippen LogP contribution in [-0.2, 0) is 4.74 Å². The molecule has 0 aliphatic carbocycles. The third-order valence-corrected chi connectivity index (χ3v) is 5.26. The van der Waals surface area contributed by atoms with Gasteiger partial charge in [-0.05, 0) is 51.7 Å². The van der Waals surface area contributed by atoms with Crippen LogP contribution in [0.25, 0.3) is 21.9 Å². The second kappa shape index (κ2) is 7.50. The predicted molar refractivity (Wildman–Crippen MR) is 104 cm³/mol. The zero-order valence-corrected chi connectivity index (χ0v) is 15.0. The Kier molecular flexibility index (Phi) is 5.05. The highest BCUT2D eigenvalue weighted by molar-refractivity contribution is 5.88. The van der Waals surface area contributed by atoms with Crippen molar-refractivity contribution in [2.45, 2.75) is 30.5 Å². The van der Waals surface area contributed by atoms with Crippen LogP contribution in [0.3, 0.4) is 0 Å². The third-order valence-electron chi connectivity index (χ3n) is 5.26. The van der Waals surface area contributed by atoms with Crippen LogP contribution in [-0.4, -0.2) is 56.6 Å². The lowest BCUT2D eigenvalue weighted by Crippen LogP contribution is -2.55. The first kappa shape index (κ1) is 18.9. The Morgan fingerprint density at radius 3 is 2.25 bits per heavy atom. The molecule has 5 atom stereocenters. The molecule has 6 nitrogen and oxygen atoms in total. The molecule has 1 aliphatic heterocycles.